The minimum absolute atomic E-state index is 0.465. The summed E-state index contributed by atoms with van der Waals surface area (Å²) in [6.07, 6.45) is 1.04. The van der Waals surface area contributed by atoms with Gasteiger partial charge in [-0.15, -0.1) is 0 Å². The average molecular weight is 287 g/mol. The Morgan fingerprint density at radius 1 is 1.10 bits per heavy atom. The second kappa shape index (κ2) is 7.59. The Morgan fingerprint density at radius 3 is 2.48 bits per heavy atom. The number of hydrogen-bond acceptors (Lipinski definition) is 5. The highest BCUT2D eigenvalue weighted by Crippen LogP contribution is 2.21. The SMILES string of the molecule is CCCNc1cc(COC)nc(-c2ccc(OC)cc2)n1. The van der Waals surface area contributed by atoms with Crippen LogP contribution in [0.25, 0.3) is 11.4 Å². The maximum Gasteiger partial charge on any atom is 0.161 e. The van der Waals surface area contributed by atoms with Gasteiger partial charge in [0, 0.05) is 25.3 Å². The topological polar surface area (TPSA) is 56.3 Å². The first-order valence-electron chi connectivity index (χ1n) is 7.02. The van der Waals surface area contributed by atoms with Gasteiger partial charge in [0.25, 0.3) is 0 Å². The van der Waals surface area contributed by atoms with Crippen LogP contribution in [0.5, 0.6) is 5.75 Å². The van der Waals surface area contributed by atoms with E-state index in [2.05, 4.69) is 22.2 Å². The van der Waals surface area contributed by atoms with Gasteiger partial charge in [-0.1, -0.05) is 6.92 Å². The lowest BCUT2D eigenvalue weighted by Gasteiger charge is -2.09. The van der Waals surface area contributed by atoms with E-state index in [1.807, 2.05) is 30.3 Å². The van der Waals surface area contributed by atoms with E-state index in [0.717, 1.165) is 35.8 Å². The second-order valence-electron chi connectivity index (χ2n) is 4.66. The zero-order valence-electron chi connectivity index (χ0n) is 12.7. The zero-order chi connectivity index (χ0) is 15.1. The predicted octanol–water partition coefficient (Wildman–Crippen LogP) is 3.12. The summed E-state index contributed by atoms with van der Waals surface area (Å²) in [7, 11) is 3.31. The smallest absolute Gasteiger partial charge is 0.161 e. The van der Waals surface area contributed by atoms with Gasteiger partial charge >= 0.3 is 0 Å². The summed E-state index contributed by atoms with van der Waals surface area (Å²) in [5.74, 6) is 2.33. The monoisotopic (exact) mass is 287 g/mol. The average Bonchev–Trinajstić information content (AvgIpc) is 2.53. The number of aromatic nitrogens is 2. The van der Waals surface area contributed by atoms with Crippen molar-refractivity contribution in [3.05, 3.63) is 36.0 Å². The molecule has 0 aliphatic rings. The van der Waals surface area contributed by atoms with Gasteiger partial charge in [0.05, 0.1) is 19.4 Å². The maximum atomic E-state index is 5.18. The molecule has 0 saturated heterocycles. The molecular formula is C16H21N3O2. The Bertz CT molecular complexity index is 570. The number of rotatable bonds is 7. The largest absolute Gasteiger partial charge is 0.497 e. The highest BCUT2D eigenvalue weighted by molar-refractivity contribution is 5.58. The fraction of sp³-hybridized carbons (Fsp3) is 0.375. The Morgan fingerprint density at radius 2 is 1.86 bits per heavy atom. The third kappa shape index (κ3) is 4.16. The van der Waals surface area contributed by atoms with E-state index in [-0.39, 0.29) is 0 Å². The van der Waals surface area contributed by atoms with Crippen molar-refractivity contribution in [1.29, 1.82) is 0 Å². The Labute approximate surface area is 125 Å². The van der Waals surface area contributed by atoms with Gasteiger partial charge in [-0.25, -0.2) is 9.97 Å². The minimum Gasteiger partial charge on any atom is -0.497 e. The van der Waals surface area contributed by atoms with Gasteiger partial charge in [-0.3, -0.25) is 0 Å². The molecule has 0 radical (unpaired) electrons. The minimum atomic E-state index is 0.465. The Kier molecular flexibility index (Phi) is 5.51. The number of ether oxygens (including phenoxy) is 2. The normalized spacial score (nSPS) is 10.4. The zero-order valence-corrected chi connectivity index (χ0v) is 12.7. The molecule has 2 rings (SSSR count). The Balaban J connectivity index is 2.32. The molecule has 1 aromatic carbocycles. The standard InChI is InChI=1S/C16H21N3O2/c1-4-9-17-15-10-13(11-20-2)18-16(19-15)12-5-7-14(21-3)8-6-12/h5-8,10H,4,9,11H2,1-3H3,(H,17,18,19). The Hall–Kier alpha value is -2.14. The van der Waals surface area contributed by atoms with Crippen LogP contribution in [-0.2, 0) is 11.3 Å². The van der Waals surface area contributed by atoms with Gasteiger partial charge < -0.3 is 14.8 Å². The highest BCUT2D eigenvalue weighted by Gasteiger charge is 2.07. The van der Waals surface area contributed by atoms with Crippen molar-refractivity contribution in [2.45, 2.75) is 20.0 Å². The number of hydrogen-bond donors (Lipinski definition) is 1. The lowest BCUT2D eigenvalue weighted by Crippen LogP contribution is -2.06. The van der Waals surface area contributed by atoms with Gasteiger partial charge in [-0.2, -0.15) is 0 Å². The first-order valence-corrected chi connectivity index (χ1v) is 7.02. The third-order valence-electron chi connectivity index (χ3n) is 2.98. The molecule has 0 bridgehead atoms. The van der Waals surface area contributed by atoms with Crippen LogP contribution >= 0.6 is 0 Å². The summed E-state index contributed by atoms with van der Waals surface area (Å²) in [4.78, 5) is 9.10. The molecule has 21 heavy (non-hydrogen) atoms. The lowest BCUT2D eigenvalue weighted by molar-refractivity contribution is 0.181. The van der Waals surface area contributed by atoms with Crippen molar-refractivity contribution in [1.82, 2.24) is 9.97 Å². The number of nitrogens with one attached hydrogen (secondary N) is 1. The number of methoxy groups -OCH3 is 2. The van der Waals surface area contributed by atoms with Gasteiger partial charge in [0.2, 0.25) is 0 Å². The van der Waals surface area contributed by atoms with Crippen molar-refractivity contribution in [3.63, 3.8) is 0 Å². The van der Waals surface area contributed by atoms with Crippen LogP contribution < -0.4 is 10.1 Å². The molecule has 0 fully saturated rings. The van der Waals surface area contributed by atoms with E-state index in [4.69, 9.17) is 9.47 Å². The maximum absolute atomic E-state index is 5.18. The van der Waals surface area contributed by atoms with E-state index in [1.165, 1.54) is 0 Å². The van der Waals surface area contributed by atoms with Crippen LogP contribution in [0.3, 0.4) is 0 Å². The van der Waals surface area contributed by atoms with Crippen LogP contribution in [0.1, 0.15) is 19.0 Å². The molecule has 0 atom stereocenters. The molecule has 1 heterocycles. The molecule has 112 valence electrons. The van der Waals surface area contributed by atoms with Crippen molar-refractivity contribution in [3.8, 4) is 17.1 Å². The van der Waals surface area contributed by atoms with E-state index >= 15 is 0 Å². The molecule has 2 aromatic rings. The number of nitrogens with zero attached hydrogens (tertiary/aromatic N) is 2. The lowest BCUT2D eigenvalue weighted by atomic mass is 10.2. The van der Waals surface area contributed by atoms with Crippen molar-refractivity contribution in [2.75, 3.05) is 26.1 Å². The van der Waals surface area contributed by atoms with Crippen LogP contribution in [0.4, 0.5) is 5.82 Å². The van der Waals surface area contributed by atoms with E-state index < -0.39 is 0 Å². The molecule has 0 aliphatic heterocycles. The molecule has 5 heteroatoms. The first-order chi connectivity index (χ1) is 10.3. The summed E-state index contributed by atoms with van der Waals surface area (Å²) in [5, 5.41) is 3.29. The van der Waals surface area contributed by atoms with E-state index in [9.17, 15) is 0 Å². The molecule has 5 nitrogen and oxygen atoms in total. The van der Waals surface area contributed by atoms with E-state index in [1.54, 1.807) is 14.2 Å². The first kappa shape index (κ1) is 15.3. The molecule has 1 aromatic heterocycles. The van der Waals surface area contributed by atoms with E-state index in [0.29, 0.717) is 12.4 Å². The van der Waals surface area contributed by atoms with Gasteiger partial charge in [-0.05, 0) is 30.7 Å². The highest BCUT2D eigenvalue weighted by atomic mass is 16.5. The summed E-state index contributed by atoms with van der Waals surface area (Å²) in [5.41, 5.74) is 1.81. The molecule has 1 N–H and O–H groups in total. The number of benzene rings is 1. The molecule has 0 aliphatic carbocycles. The summed E-state index contributed by atoms with van der Waals surface area (Å²) < 4.78 is 10.3. The van der Waals surface area contributed by atoms with Gasteiger partial charge in [0.15, 0.2) is 5.82 Å². The summed E-state index contributed by atoms with van der Waals surface area (Å²) >= 11 is 0. The quantitative estimate of drug-likeness (QED) is 0.848. The van der Waals surface area contributed by atoms with Crippen LogP contribution in [-0.4, -0.2) is 30.7 Å². The van der Waals surface area contributed by atoms with Crippen molar-refractivity contribution < 1.29 is 9.47 Å². The van der Waals surface area contributed by atoms with Crippen LogP contribution in [0.15, 0.2) is 30.3 Å². The molecule has 0 unspecified atom stereocenters. The number of anilines is 1. The van der Waals surface area contributed by atoms with Crippen LogP contribution in [0, 0.1) is 0 Å². The fourth-order valence-electron chi connectivity index (χ4n) is 1.93. The second-order valence-corrected chi connectivity index (χ2v) is 4.66. The molecular weight excluding hydrogens is 266 g/mol. The van der Waals surface area contributed by atoms with Crippen LogP contribution in [0.2, 0.25) is 0 Å². The molecule has 0 amide bonds. The predicted molar refractivity (Wildman–Crippen MR) is 83.5 cm³/mol. The fourth-order valence-corrected chi connectivity index (χ4v) is 1.93. The molecule has 0 saturated carbocycles. The van der Waals surface area contributed by atoms with Gasteiger partial charge in [0.1, 0.15) is 11.6 Å². The summed E-state index contributed by atoms with van der Waals surface area (Å²) in [6.45, 7) is 3.46. The molecule has 0 spiro atoms. The summed E-state index contributed by atoms with van der Waals surface area (Å²) in [6, 6.07) is 9.64. The third-order valence-corrected chi connectivity index (χ3v) is 2.98. The van der Waals surface area contributed by atoms with Crippen molar-refractivity contribution in [2.24, 2.45) is 0 Å². The van der Waals surface area contributed by atoms with Crippen molar-refractivity contribution >= 4 is 5.82 Å².